The van der Waals surface area contributed by atoms with Crippen LogP contribution < -0.4 is 0 Å². The molecule has 92 valence electrons. The van der Waals surface area contributed by atoms with Crippen LogP contribution in [0.25, 0.3) is 0 Å². The van der Waals surface area contributed by atoms with Crippen LogP contribution in [-0.4, -0.2) is 8.42 Å². The molecule has 0 aliphatic carbocycles. The van der Waals surface area contributed by atoms with Gasteiger partial charge in [-0.2, -0.15) is 5.26 Å². The third-order valence-corrected chi connectivity index (χ3v) is 3.29. The number of halogens is 1. The van der Waals surface area contributed by atoms with Gasteiger partial charge in [0, 0.05) is 5.02 Å². The van der Waals surface area contributed by atoms with Crippen molar-refractivity contribution in [2.75, 3.05) is 0 Å². The van der Waals surface area contributed by atoms with Gasteiger partial charge in [0.05, 0.1) is 4.90 Å². The minimum absolute atomic E-state index is 0.0440. The molecule has 0 unspecified atom stereocenters. The molecule has 0 radical (unpaired) electrons. The molecule has 0 amide bonds. The van der Waals surface area contributed by atoms with E-state index in [4.69, 9.17) is 16.9 Å². The van der Waals surface area contributed by atoms with Gasteiger partial charge in [-0.3, -0.25) is 0 Å². The Labute approximate surface area is 111 Å². The summed E-state index contributed by atoms with van der Waals surface area (Å²) >= 11 is 5.54. The first-order valence-electron chi connectivity index (χ1n) is 4.98. The van der Waals surface area contributed by atoms with E-state index < -0.39 is 9.84 Å². The number of hydrogen-bond acceptors (Lipinski definition) is 3. The van der Waals surface area contributed by atoms with E-state index in [2.05, 4.69) is 0 Å². The smallest absolute Gasteiger partial charge is 0.208 e. The molecule has 0 saturated carbocycles. The summed E-state index contributed by atoms with van der Waals surface area (Å²) in [7, 11) is -3.69. The third-order valence-electron chi connectivity index (χ3n) is 1.91. The van der Waals surface area contributed by atoms with Gasteiger partial charge in [-0.25, -0.2) is 8.42 Å². The van der Waals surface area contributed by atoms with Crippen molar-refractivity contribution >= 4 is 21.4 Å². The zero-order valence-electron chi connectivity index (χ0n) is 9.32. The van der Waals surface area contributed by atoms with E-state index in [9.17, 15) is 8.42 Å². The van der Waals surface area contributed by atoms with Gasteiger partial charge >= 0.3 is 0 Å². The summed E-state index contributed by atoms with van der Waals surface area (Å²) in [5, 5.41) is 10.2. The minimum Gasteiger partial charge on any atom is -0.208 e. The fraction of sp³-hybridized carbons (Fsp3) is 0. The summed E-state index contributed by atoms with van der Waals surface area (Å²) in [5.41, 5.74) is 0. The van der Waals surface area contributed by atoms with E-state index in [-0.39, 0.29) is 4.90 Å². The van der Waals surface area contributed by atoms with Crippen molar-refractivity contribution in [1.82, 2.24) is 0 Å². The molecular formula is C13H10ClNO2S. The topological polar surface area (TPSA) is 57.9 Å². The average molecular weight is 280 g/mol. The number of thiocyanates is 1. The van der Waals surface area contributed by atoms with Crippen molar-refractivity contribution in [2.24, 2.45) is 0 Å². The molecule has 0 atom stereocenters. The highest BCUT2D eigenvalue weighted by Crippen LogP contribution is 2.07. The SMILES string of the molecule is Clc1ccccc1.N#CS(=O)(=O)c1ccccc1. The maximum absolute atomic E-state index is 10.8. The lowest BCUT2D eigenvalue weighted by Crippen LogP contribution is -1.94. The quantitative estimate of drug-likeness (QED) is 0.594. The largest absolute Gasteiger partial charge is 0.269 e. The van der Waals surface area contributed by atoms with Gasteiger partial charge in [-0.1, -0.05) is 48.0 Å². The fourth-order valence-corrected chi connectivity index (χ4v) is 1.83. The highest BCUT2D eigenvalue weighted by molar-refractivity contribution is 7.95. The van der Waals surface area contributed by atoms with E-state index >= 15 is 0 Å². The number of hydrogen-bond donors (Lipinski definition) is 0. The lowest BCUT2D eigenvalue weighted by molar-refractivity contribution is 0.605. The molecule has 0 heterocycles. The molecule has 2 aromatic rings. The van der Waals surface area contributed by atoms with E-state index in [1.54, 1.807) is 18.2 Å². The molecule has 0 aliphatic heterocycles. The highest BCUT2D eigenvalue weighted by Gasteiger charge is 2.10. The van der Waals surface area contributed by atoms with Crippen LogP contribution in [0.2, 0.25) is 5.02 Å². The van der Waals surface area contributed by atoms with Crippen LogP contribution in [0.3, 0.4) is 0 Å². The Bertz CT molecular complexity index is 619. The predicted molar refractivity (Wildman–Crippen MR) is 70.7 cm³/mol. The molecule has 2 rings (SSSR count). The number of rotatable bonds is 1. The van der Waals surface area contributed by atoms with Crippen LogP contribution in [0.15, 0.2) is 65.6 Å². The van der Waals surface area contributed by atoms with Crippen molar-refractivity contribution in [3.05, 3.63) is 65.7 Å². The van der Waals surface area contributed by atoms with Gasteiger partial charge in [0.25, 0.3) is 9.84 Å². The second-order valence-electron chi connectivity index (χ2n) is 3.20. The Balaban J connectivity index is 0.000000199. The van der Waals surface area contributed by atoms with Gasteiger partial charge in [0.15, 0.2) is 5.40 Å². The van der Waals surface area contributed by atoms with Crippen molar-refractivity contribution in [3.8, 4) is 5.40 Å². The molecular weight excluding hydrogens is 270 g/mol. The molecule has 0 aliphatic rings. The van der Waals surface area contributed by atoms with Gasteiger partial charge in [0.1, 0.15) is 0 Å². The summed E-state index contributed by atoms with van der Waals surface area (Å²) in [6.07, 6.45) is 0. The molecule has 0 spiro atoms. The standard InChI is InChI=1S/C7H5NO2S.C6H5Cl/c8-6-11(9,10)7-4-2-1-3-5-7;7-6-4-2-1-3-5-6/h1-5H;1-5H. The fourth-order valence-electron chi connectivity index (χ4n) is 1.07. The maximum atomic E-state index is 10.8. The molecule has 0 saturated heterocycles. The minimum atomic E-state index is -3.69. The Morgan fingerprint density at radius 2 is 1.33 bits per heavy atom. The lowest BCUT2D eigenvalue weighted by atomic mass is 10.4. The normalized spacial score (nSPS) is 9.78. The Hall–Kier alpha value is -1.83. The highest BCUT2D eigenvalue weighted by atomic mass is 35.5. The molecule has 18 heavy (non-hydrogen) atoms. The average Bonchev–Trinajstić information content (AvgIpc) is 2.41. The zero-order chi connectivity index (χ0) is 13.4. The predicted octanol–water partition coefficient (Wildman–Crippen LogP) is 3.28. The maximum Gasteiger partial charge on any atom is 0.269 e. The van der Waals surface area contributed by atoms with E-state index in [1.807, 2.05) is 30.3 Å². The van der Waals surface area contributed by atoms with Gasteiger partial charge in [-0.15, -0.1) is 0 Å². The van der Waals surface area contributed by atoms with Crippen LogP contribution in [0.5, 0.6) is 0 Å². The van der Waals surface area contributed by atoms with Crippen molar-refractivity contribution in [2.45, 2.75) is 4.90 Å². The summed E-state index contributed by atoms with van der Waals surface area (Å²) in [5.74, 6) is 0. The molecule has 0 N–H and O–H groups in total. The van der Waals surface area contributed by atoms with Crippen LogP contribution >= 0.6 is 11.6 Å². The molecule has 5 heteroatoms. The molecule has 0 fully saturated rings. The summed E-state index contributed by atoms with van der Waals surface area (Å²) < 4.78 is 21.7. The molecule has 3 nitrogen and oxygen atoms in total. The van der Waals surface area contributed by atoms with E-state index in [1.165, 1.54) is 17.5 Å². The van der Waals surface area contributed by atoms with Crippen LogP contribution in [0.4, 0.5) is 0 Å². The summed E-state index contributed by atoms with van der Waals surface area (Å²) in [6.45, 7) is 0. The lowest BCUT2D eigenvalue weighted by Gasteiger charge is -1.91. The van der Waals surface area contributed by atoms with Crippen molar-refractivity contribution < 1.29 is 8.42 Å². The summed E-state index contributed by atoms with van der Waals surface area (Å²) in [4.78, 5) is 0.0440. The Kier molecular flexibility index (Phi) is 5.37. The van der Waals surface area contributed by atoms with E-state index in [0.29, 0.717) is 0 Å². The molecule has 2 aromatic carbocycles. The second kappa shape index (κ2) is 6.80. The zero-order valence-corrected chi connectivity index (χ0v) is 10.9. The number of sulfone groups is 1. The van der Waals surface area contributed by atoms with E-state index in [0.717, 1.165) is 5.02 Å². The number of nitriles is 1. The molecule has 0 bridgehead atoms. The first-order chi connectivity index (χ1) is 8.56. The first kappa shape index (κ1) is 14.2. The summed E-state index contributed by atoms with van der Waals surface area (Å²) in [6, 6.07) is 17.1. The number of benzene rings is 2. The van der Waals surface area contributed by atoms with Crippen LogP contribution in [-0.2, 0) is 9.84 Å². The third kappa shape index (κ3) is 4.58. The van der Waals surface area contributed by atoms with Gasteiger partial charge in [0.2, 0.25) is 0 Å². The second-order valence-corrected chi connectivity index (χ2v) is 5.30. The van der Waals surface area contributed by atoms with Crippen LogP contribution in [0.1, 0.15) is 0 Å². The Morgan fingerprint density at radius 3 is 1.67 bits per heavy atom. The molecule has 0 aromatic heterocycles. The monoisotopic (exact) mass is 279 g/mol. The first-order valence-corrected chi connectivity index (χ1v) is 6.84. The van der Waals surface area contributed by atoms with Gasteiger partial charge < -0.3 is 0 Å². The van der Waals surface area contributed by atoms with Crippen LogP contribution in [0, 0.1) is 10.7 Å². The number of nitrogens with zero attached hydrogens (tertiary/aromatic N) is 1. The Morgan fingerprint density at radius 1 is 0.889 bits per heavy atom. The van der Waals surface area contributed by atoms with Crippen molar-refractivity contribution in [3.63, 3.8) is 0 Å². The van der Waals surface area contributed by atoms with Gasteiger partial charge in [-0.05, 0) is 24.3 Å². The van der Waals surface area contributed by atoms with Crippen molar-refractivity contribution in [1.29, 1.82) is 5.26 Å².